The molecule has 146 valence electrons. The number of nitrogens with one attached hydrogen (secondary N) is 1. The molecule has 0 spiro atoms. The second kappa shape index (κ2) is 8.30. The van der Waals surface area contributed by atoms with Crippen LogP contribution in [0.25, 0.3) is 5.69 Å². The van der Waals surface area contributed by atoms with E-state index in [-0.39, 0.29) is 22.9 Å². The fourth-order valence-corrected chi connectivity index (χ4v) is 3.62. The zero-order chi connectivity index (χ0) is 20.3. The lowest BCUT2D eigenvalue weighted by Gasteiger charge is -2.07. The quantitative estimate of drug-likeness (QED) is 0.487. The van der Waals surface area contributed by atoms with Crippen LogP contribution < -0.4 is 10.9 Å². The van der Waals surface area contributed by atoms with Crippen molar-refractivity contribution in [2.75, 3.05) is 11.1 Å². The van der Waals surface area contributed by atoms with Gasteiger partial charge in [-0.3, -0.25) is 14.3 Å². The number of anilines is 1. The van der Waals surface area contributed by atoms with E-state index in [0.29, 0.717) is 17.4 Å². The minimum absolute atomic E-state index is 0.119. The Morgan fingerprint density at radius 3 is 2.64 bits per heavy atom. The molecule has 0 aliphatic heterocycles. The molecule has 0 aliphatic carbocycles. The Balaban J connectivity index is 1.77. The van der Waals surface area contributed by atoms with Gasteiger partial charge in [-0.25, -0.2) is 4.68 Å². The molecule has 0 saturated heterocycles. The summed E-state index contributed by atoms with van der Waals surface area (Å²) in [5, 5.41) is 11.5. The highest BCUT2D eigenvalue weighted by Crippen LogP contribution is 2.18. The maximum Gasteiger partial charge on any atom is 0.295 e. The summed E-state index contributed by atoms with van der Waals surface area (Å²) in [6, 6.07) is 9.30. The number of amides is 1. The van der Waals surface area contributed by atoms with E-state index in [1.54, 1.807) is 24.7 Å². The van der Waals surface area contributed by atoms with Crippen molar-refractivity contribution in [2.24, 2.45) is 7.05 Å². The third-order valence-electron chi connectivity index (χ3n) is 4.36. The van der Waals surface area contributed by atoms with E-state index in [1.807, 2.05) is 41.8 Å². The summed E-state index contributed by atoms with van der Waals surface area (Å²) in [4.78, 5) is 25.3. The number of thioether (sulfide) groups is 1. The van der Waals surface area contributed by atoms with Crippen molar-refractivity contribution >= 4 is 23.4 Å². The number of para-hydroxylation sites is 1. The molecule has 1 N–H and O–H groups in total. The highest BCUT2D eigenvalue weighted by molar-refractivity contribution is 7.99. The predicted molar refractivity (Wildman–Crippen MR) is 110 cm³/mol. The Kier molecular flexibility index (Phi) is 5.84. The zero-order valence-corrected chi connectivity index (χ0v) is 16.9. The summed E-state index contributed by atoms with van der Waals surface area (Å²) in [5.74, 6) is 0.600. The van der Waals surface area contributed by atoms with E-state index >= 15 is 0 Å². The van der Waals surface area contributed by atoms with Gasteiger partial charge in [-0.05, 0) is 26.0 Å². The number of carbonyl (C=O) groups is 1. The monoisotopic (exact) mass is 398 g/mol. The van der Waals surface area contributed by atoms with Crippen molar-refractivity contribution in [1.82, 2.24) is 24.1 Å². The van der Waals surface area contributed by atoms with Crippen molar-refractivity contribution in [1.29, 1.82) is 0 Å². The van der Waals surface area contributed by atoms with E-state index in [4.69, 9.17) is 0 Å². The molecule has 0 bridgehead atoms. The van der Waals surface area contributed by atoms with Gasteiger partial charge in [0.25, 0.3) is 5.56 Å². The van der Waals surface area contributed by atoms with Crippen LogP contribution in [0.2, 0.25) is 0 Å². The van der Waals surface area contributed by atoms with Crippen LogP contribution in [0.3, 0.4) is 0 Å². The van der Waals surface area contributed by atoms with Gasteiger partial charge in [-0.15, -0.1) is 16.8 Å². The highest BCUT2D eigenvalue weighted by Gasteiger charge is 2.19. The minimum Gasteiger partial charge on any atom is -0.319 e. The van der Waals surface area contributed by atoms with Crippen LogP contribution >= 0.6 is 11.8 Å². The number of allylic oxidation sites excluding steroid dienone is 1. The van der Waals surface area contributed by atoms with E-state index in [2.05, 4.69) is 22.1 Å². The predicted octanol–water partition coefficient (Wildman–Crippen LogP) is 2.30. The topological polar surface area (TPSA) is 86.7 Å². The largest absolute Gasteiger partial charge is 0.319 e. The molecular weight excluding hydrogens is 376 g/mol. The number of rotatable bonds is 7. The van der Waals surface area contributed by atoms with E-state index in [9.17, 15) is 9.59 Å². The number of hydrogen-bond donors (Lipinski definition) is 1. The number of carbonyl (C=O) groups excluding carboxylic acids is 1. The van der Waals surface area contributed by atoms with Gasteiger partial charge in [0.1, 0.15) is 11.5 Å². The molecule has 3 rings (SSSR count). The maximum atomic E-state index is 12.8. The molecule has 2 heterocycles. The lowest BCUT2D eigenvalue weighted by Crippen LogP contribution is -2.23. The van der Waals surface area contributed by atoms with Crippen molar-refractivity contribution in [3.8, 4) is 5.69 Å². The van der Waals surface area contributed by atoms with Gasteiger partial charge >= 0.3 is 0 Å². The summed E-state index contributed by atoms with van der Waals surface area (Å²) >= 11 is 1.27. The van der Waals surface area contributed by atoms with Crippen LogP contribution in [0.5, 0.6) is 0 Å². The molecule has 2 aromatic heterocycles. The molecule has 0 radical (unpaired) electrons. The molecule has 0 fully saturated rings. The number of aryl methyl sites for hydroxylation is 1. The van der Waals surface area contributed by atoms with Crippen LogP contribution in [0.1, 0.15) is 11.5 Å². The summed E-state index contributed by atoms with van der Waals surface area (Å²) < 4.78 is 5.13. The second-order valence-electron chi connectivity index (χ2n) is 6.20. The number of hydrogen-bond acceptors (Lipinski definition) is 5. The molecule has 1 amide bonds. The van der Waals surface area contributed by atoms with Crippen LogP contribution in [0.4, 0.5) is 5.69 Å². The number of nitrogens with zero attached hydrogens (tertiary/aromatic N) is 5. The Bertz CT molecular complexity index is 1060. The van der Waals surface area contributed by atoms with E-state index in [1.165, 1.54) is 16.4 Å². The van der Waals surface area contributed by atoms with Gasteiger partial charge in [0.15, 0.2) is 5.16 Å². The molecular formula is C19H22N6O2S. The Hall–Kier alpha value is -3.07. The van der Waals surface area contributed by atoms with Gasteiger partial charge in [-0.2, -0.15) is 0 Å². The molecule has 0 saturated carbocycles. The van der Waals surface area contributed by atoms with Gasteiger partial charge in [0, 0.05) is 13.6 Å². The molecule has 3 aromatic rings. The van der Waals surface area contributed by atoms with Crippen molar-refractivity contribution in [2.45, 2.75) is 25.5 Å². The van der Waals surface area contributed by atoms with Gasteiger partial charge in [-0.1, -0.05) is 36.0 Å². The van der Waals surface area contributed by atoms with Gasteiger partial charge in [0.05, 0.1) is 17.1 Å². The first-order valence-electron chi connectivity index (χ1n) is 8.71. The average molecular weight is 398 g/mol. The molecule has 1 aromatic carbocycles. The molecule has 8 nitrogen and oxygen atoms in total. The first-order valence-corrected chi connectivity index (χ1v) is 9.70. The molecule has 9 heteroatoms. The van der Waals surface area contributed by atoms with Crippen molar-refractivity contribution in [3.63, 3.8) is 0 Å². The summed E-state index contributed by atoms with van der Waals surface area (Å²) in [6.45, 7) is 7.94. The normalized spacial score (nSPS) is 10.8. The van der Waals surface area contributed by atoms with Gasteiger partial charge in [0.2, 0.25) is 5.91 Å². The maximum absolute atomic E-state index is 12.8. The fraction of sp³-hybridized carbons (Fsp3) is 0.263. The third-order valence-corrected chi connectivity index (χ3v) is 5.33. The average Bonchev–Trinajstić information content (AvgIpc) is 3.14. The van der Waals surface area contributed by atoms with Gasteiger partial charge < -0.3 is 9.88 Å². The van der Waals surface area contributed by atoms with Crippen LogP contribution in [-0.2, 0) is 18.4 Å². The Morgan fingerprint density at radius 2 is 1.96 bits per heavy atom. The van der Waals surface area contributed by atoms with Crippen LogP contribution in [-0.4, -0.2) is 35.8 Å². The molecule has 0 aliphatic rings. The first-order chi connectivity index (χ1) is 13.4. The van der Waals surface area contributed by atoms with E-state index < -0.39 is 0 Å². The lowest BCUT2D eigenvalue weighted by molar-refractivity contribution is -0.113. The number of benzene rings is 1. The standard InChI is InChI=1S/C19H22N6O2S/c1-5-11-24-14(3)21-22-19(24)28-12-16(26)20-17-13(2)23(4)25(18(17)27)15-9-7-6-8-10-15/h5-10H,1,11-12H2,2-4H3,(H,20,26). The third kappa shape index (κ3) is 3.79. The second-order valence-corrected chi connectivity index (χ2v) is 7.14. The first kappa shape index (κ1) is 19.7. The summed E-state index contributed by atoms with van der Waals surface area (Å²) in [5.41, 5.74) is 1.43. The molecule has 0 atom stereocenters. The van der Waals surface area contributed by atoms with Crippen LogP contribution in [0, 0.1) is 13.8 Å². The minimum atomic E-state index is -0.276. The summed E-state index contributed by atoms with van der Waals surface area (Å²) in [6.07, 6.45) is 1.75. The Labute approximate surface area is 166 Å². The van der Waals surface area contributed by atoms with Crippen LogP contribution in [0.15, 0.2) is 52.9 Å². The summed E-state index contributed by atoms with van der Waals surface area (Å²) in [7, 11) is 1.79. The van der Waals surface area contributed by atoms with E-state index in [0.717, 1.165) is 11.5 Å². The molecule has 0 unspecified atom stereocenters. The number of aromatic nitrogens is 5. The smallest absolute Gasteiger partial charge is 0.295 e. The molecule has 28 heavy (non-hydrogen) atoms. The highest BCUT2D eigenvalue weighted by atomic mass is 32.2. The zero-order valence-electron chi connectivity index (χ0n) is 16.0. The van der Waals surface area contributed by atoms with Crippen molar-refractivity contribution < 1.29 is 4.79 Å². The lowest BCUT2D eigenvalue weighted by atomic mass is 10.3. The van der Waals surface area contributed by atoms with Crippen molar-refractivity contribution in [3.05, 3.63) is 64.9 Å². The Morgan fingerprint density at radius 1 is 1.25 bits per heavy atom. The fourth-order valence-electron chi connectivity index (χ4n) is 2.83. The SMILES string of the molecule is C=CCn1c(C)nnc1SCC(=O)Nc1c(C)n(C)n(-c2ccccc2)c1=O.